The van der Waals surface area contributed by atoms with Gasteiger partial charge in [0.05, 0.1) is 3.57 Å². The van der Waals surface area contributed by atoms with Gasteiger partial charge in [-0.2, -0.15) is 0 Å². The third-order valence-corrected chi connectivity index (χ3v) is 2.53. The van der Waals surface area contributed by atoms with Crippen LogP contribution >= 0.6 is 22.6 Å². The van der Waals surface area contributed by atoms with Crippen molar-refractivity contribution < 1.29 is 9.90 Å². The summed E-state index contributed by atoms with van der Waals surface area (Å²) in [4.78, 5) is 11.4. The molecule has 0 aliphatic heterocycles. The summed E-state index contributed by atoms with van der Waals surface area (Å²) >= 11 is 2.00. The number of phenols is 1. The molecule has 1 aromatic rings. The van der Waals surface area contributed by atoms with Gasteiger partial charge in [-0.3, -0.25) is 4.79 Å². The van der Waals surface area contributed by atoms with Crippen LogP contribution in [0.1, 0.15) is 10.4 Å². The maximum Gasteiger partial charge on any atom is 0.251 e. The summed E-state index contributed by atoms with van der Waals surface area (Å²) < 4.78 is 0.725. The standard InChI is InChI=1S/C10H10INO2/c1-2-5-12-10(14)7-3-4-8(11)9(13)6-7/h2-4,6,13H,1,5H2,(H,12,14). The number of rotatable bonds is 3. The quantitative estimate of drug-likeness (QED) is 0.662. The first-order chi connectivity index (χ1) is 6.65. The van der Waals surface area contributed by atoms with Crippen LogP contribution in [-0.4, -0.2) is 17.6 Å². The largest absolute Gasteiger partial charge is 0.507 e. The molecule has 0 spiro atoms. The van der Waals surface area contributed by atoms with Crippen molar-refractivity contribution in [1.82, 2.24) is 5.32 Å². The summed E-state index contributed by atoms with van der Waals surface area (Å²) in [7, 11) is 0. The van der Waals surface area contributed by atoms with Crippen LogP contribution in [0.25, 0.3) is 0 Å². The Bertz CT molecular complexity index is 363. The molecular weight excluding hydrogens is 293 g/mol. The van der Waals surface area contributed by atoms with Gasteiger partial charge in [0.25, 0.3) is 5.91 Å². The Morgan fingerprint density at radius 3 is 2.93 bits per heavy atom. The molecule has 1 aromatic carbocycles. The van der Waals surface area contributed by atoms with E-state index in [4.69, 9.17) is 0 Å². The van der Waals surface area contributed by atoms with Crippen LogP contribution in [0.4, 0.5) is 0 Å². The molecule has 74 valence electrons. The van der Waals surface area contributed by atoms with Gasteiger partial charge in [0.2, 0.25) is 0 Å². The number of hydrogen-bond donors (Lipinski definition) is 2. The fourth-order valence-corrected chi connectivity index (χ4v) is 1.26. The highest BCUT2D eigenvalue weighted by molar-refractivity contribution is 14.1. The number of carbonyl (C=O) groups is 1. The molecule has 0 radical (unpaired) electrons. The zero-order valence-electron chi connectivity index (χ0n) is 7.46. The van der Waals surface area contributed by atoms with Gasteiger partial charge in [0.15, 0.2) is 0 Å². The molecule has 2 N–H and O–H groups in total. The normalized spacial score (nSPS) is 9.50. The molecule has 4 heteroatoms. The Morgan fingerprint density at radius 1 is 1.64 bits per heavy atom. The van der Waals surface area contributed by atoms with Gasteiger partial charge in [0.1, 0.15) is 5.75 Å². The molecule has 0 saturated heterocycles. The molecule has 0 atom stereocenters. The smallest absolute Gasteiger partial charge is 0.251 e. The zero-order chi connectivity index (χ0) is 10.6. The predicted molar refractivity (Wildman–Crippen MR) is 63.4 cm³/mol. The summed E-state index contributed by atoms with van der Waals surface area (Å²) in [5.74, 6) is -0.0894. The molecule has 0 aromatic heterocycles. The highest BCUT2D eigenvalue weighted by Crippen LogP contribution is 2.20. The van der Waals surface area contributed by atoms with Gasteiger partial charge in [-0.25, -0.2) is 0 Å². The van der Waals surface area contributed by atoms with Crippen LogP contribution in [-0.2, 0) is 0 Å². The van der Waals surface area contributed by atoms with E-state index in [0.717, 1.165) is 3.57 Å². The number of amides is 1. The van der Waals surface area contributed by atoms with E-state index in [-0.39, 0.29) is 11.7 Å². The summed E-state index contributed by atoms with van der Waals surface area (Å²) in [5.41, 5.74) is 0.449. The van der Waals surface area contributed by atoms with Gasteiger partial charge in [-0.05, 0) is 40.8 Å². The van der Waals surface area contributed by atoms with Crippen molar-refractivity contribution in [2.45, 2.75) is 0 Å². The average Bonchev–Trinajstić information content (AvgIpc) is 2.18. The summed E-state index contributed by atoms with van der Waals surface area (Å²) in [6.07, 6.45) is 1.60. The maximum atomic E-state index is 11.4. The lowest BCUT2D eigenvalue weighted by molar-refractivity contribution is 0.0957. The van der Waals surface area contributed by atoms with E-state index in [9.17, 15) is 9.90 Å². The van der Waals surface area contributed by atoms with Crippen molar-refractivity contribution in [1.29, 1.82) is 0 Å². The molecular formula is C10H10INO2. The first kappa shape index (κ1) is 11.0. The molecule has 0 aliphatic rings. The van der Waals surface area contributed by atoms with E-state index in [1.54, 1.807) is 18.2 Å². The van der Waals surface area contributed by atoms with Crippen molar-refractivity contribution >= 4 is 28.5 Å². The number of hydrogen-bond acceptors (Lipinski definition) is 2. The van der Waals surface area contributed by atoms with Gasteiger partial charge in [0, 0.05) is 12.1 Å². The van der Waals surface area contributed by atoms with Gasteiger partial charge >= 0.3 is 0 Å². The van der Waals surface area contributed by atoms with Crippen LogP contribution in [0.2, 0.25) is 0 Å². The average molecular weight is 303 g/mol. The lowest BCUT2D eigenvalue weighted by atomic mass is 10.2. The lowest BCUT2D eigenvalue weighted by Crippen LogP contribution is -2.23. The molecule has 0 unspecified atom stereocenters. The van der Waals surface area contributed by atoms with E-state index in [2.05, 4.69) is 11.9 Å². The molecule has 1 amide bonds. The Kier molecular flexibility index (Phi) is 3.94. The topological polar surface area (TPSA) is 49.3 Å². The van der Waals surface area contributed by atoms with E-state index >= 15 is 0 Å². The molecule has 0 fully saturated rings. The first-order valence-corrected chi connectivity index (χ1v) is 5.10. The molecule has 0 saturated carbocycles. The minimum Gasteiger partial charge on any atom is -0.507 e. The maximum absolute atomic E-state index is 11.4. The summed E-state index contributed by atoms with van der Waals surface area (Å²) in [6.45, 7) is 3.91. The Labute approximate surface area is 96.0 Å². The summed E-state index contributed by atoms with van der Waals surface area (Å²) in [6, 6.07) is 4.80. The van der Waals surface area contributed by atoms with E-state index in [1.807, 2.05) is 22.6 Å². The minimum absolute atomic E-state index is 0.122. The van der Waals surface area contributed by atoms with E-state index in [1.165, 1.54) is 6.07 Å². The van der Waals surface area contributed by atoms with Crippen molar-refractivity contribution in [2.24, 2.45) is 0 Å². The Morgan fingerprint density at radius 2 is 2.36 bits per heavy atom. The highest BCUT2D eigenvalue weighted by Gasteiger charge is 2.06. The van der Waals surface area contributed by atoms with E-state index in [0.29, 0.717) is 12.1 Å². The molecule has 0 aliphatic carbocycles. The molecule has 0 bridgehead atoms. The third kappa shape index (κ3) is 2.73. The van der Waals surface area contributed by atoms with Crippen LogP contribution in [0, 0.1) is 3.57 Å². The van der Waals surface area contributed by atoms with Crippen molar-refractivity contribution in [3.8, 4) is 5.75 Å². The molecule has 1 rings (SSSR count). The zero-order valence-corrected chi connectivity index (χ0v) is 9.61. The summed E-state index contributed by atoms with van der Waals surface area (Å²) in [5, 5.41) is 12.0. The van der Waals surface area contributed by atoms with Gasteiger partial charge < -0.3 is 10.4 Å². The number of aromatic hydroxyl groups is 1. The Balaban J connectivity index is 2.80. The predicted octanol–water partition coefficient (Wildman–Crippen LogP) is 1.91. The molecule has 14 heavy (non-hydrogen) atoms. The number of carbonyl (C=O) groups excluding carboxylic acids is 1. The molecule has 3 nitrogen and oxygen atoms in total. The van der Waals surface area contributed by atoms with E-state index < -0.39 is 0 Å². The minimum atomic E-state index is -0.211. The van der Waals surface area contributed by atoms with Crippen LogP contribution in [0.3, 0.4) is 0 Å². The molecule has 0 heterocycles. The second kappa shape index (κ2) is 4.99. The van der Waals surface area contributed by atoms with Crippen LogP contribution < -0.4 is 5.32 Å². The first-order valence-electron chi connectivity index (χ1n) is 4.02. The monoisotopic (exact) mass is 303 g/mol. The van der Waals surface area contributed by atoms with Crippen molar-refractivity contribution in [3.05, 3.63) is 40.0 Å². The highest BCUT2D eigenvalue weighted by atomic mass is 127. The van der Waals surface area contributed by atoms with Gasteiger partial charge in [-0.15, -0.1) is 6.58 Å². The fraction of sp³-hybridized carbons (Fsp3) is 0.100. The number of halogens is 1. The fourth-order valence-electron chi connectivity index (χ4n) is 0.921. The Hall–Kier alpha value is -1.04. The van der Waals surface area contributed by atoms with Crippen LogP contribution in [0.15, 0.2) is 30.9 Å². The SMILES string of the molecule is C=CCNC(=O)c1ccc(I)c(O)c1. The number of phenolic OH excluding ortho intramolecular Hbond substituents is 1. The van der Waals surface area contributed by atoms with Crippen molar-refractivity contribution in [3.63, 3.8) is 0 Å². The van der Waals surface area contributed by atoms with Gasteiger partial charge in [-0.1, -0.05) is 6.08 Å². The third-order valence-electron chi connectivity index (χ3n) is 1.62. The van der Waals surface area contributed by atoms with Crippen molar-refractivity contribution in [2.75, 3.05) is 6.54 Å². The number of nitrogens with one attached hydrogen (secondary N) is 1. The second-order valence-corrected chi connectivity index (χ2v) is 3.83. The lowest BCUT2D eigenvalue weighted by Gasteiger charge is -2.03. The van der Waals surface area contributed by atoms with Crippen LogP contribution in [0.5, 0.6) is 5.75 Å². The second-order valence-electron chi connectivity index (χ2n) is 2.66. The number of benzene rings is 1.